The van der Waals surface area contributed by atoms with Crippen LogP contribution in [0.5, 0.6) is 5.88 Å². The number of ether oxygens (including phenoxy) is 1. The molecular formula is C23H21F3N8O3. The predicted molar refractivity (Wildman–Crippen MR) is 124 cm³/mol. The molecule has 1 N–H and O–H groups in total. The zero-order valence-corrected chi connectivity index (χ0v) is 19.2. The molecule has 3 aromatic heterocycles. The van der Waals surface area contributed by atoms with Crippen molar-refractivity contribution in [2.45, 2.75) is 12.7 Å². The van der Waals surface area contributed by atoms with E-state index in [0.717, 1.165) is 0 Å². The number of carbonyl (C=O) groups is 2. The number of halogens is 3. The number of benzene rings is 1. The van der Waals surface area contributed by atoms with Crippen molar-refractivity contribution in [1.29, 1.82) is 0 Å². The van der Waals surface area contributed by atoms with Gasteiger partial charge in [0.05, 0.1) is 23.4 Å². The lowest BCUT2D eigenvalue weighted by Crippen LogP contribution is -2.44. The molecule has 0 spiro atoms. The normalized spacial score (nSPS) is 16.0. The highest BCUT2D eigenvalue weighted by molar-refractivity contribution is 6.00. The van der Waals surface area contributed by atoms with Crippen molar-refractivity contribution >= 4 is 22.7 Å². The van der Waals surface area contributed by atoms with Crippen LogP contribution >= 0.6 is 0 Å². The molecule has 37 heavy (non-hydrogen) atoms. The molecule has 0 aliphatic carbocycles. The molecule has 1 aliphatic heterocycles. The number of rotatable bonds is 7. The molecule has 0 saturated heterocycles. The van der Waals surface area contributed by atoms with Crippen molar-refractivity contribution in [1.82, 2.24) is 40.0 Å². The summed E-state index contributed by atoms with van der Waals surface area (Å²) < 4.78 is 78.1. The summed E-state index contributed by atoms with van der Waals surface area (Å²) >= 11 is 0. The quantitative estimate of drug-likeness (QED) is 0.398. The number of fused-ring (bicyclic) bond motifs is 3. The van der Waals surface area contributed by atoms with Crippen molar-refractivity contribution < 1.29 is 33.0 Å². The van der Waals surface area contributed by atoms with E-state index in [2.05, 4.69) is 20.4 Å². The van der Waals surface area contributed by atoms with Gasteiger partial charge in [-0.1, -0.05) is 12.1 Å². The average molecular weight is 518 g/mol. The van der Waals surface area contributed by atoms with E-state index in [9.17, 15) is 22.8 Å². The van der Waals surface area contributed by atoms with E-state index >= 15 is 0 Å². The summed E-state index contributed by atoms with van der Waals surface area (Å²) in [5.74, 6) is -2.03. The summed E-state index contributed by atoms with van der Waals surface area (Å²) in [5, 5.41) is 13.8. The van der Waals surface area contributed by atoms with E-state index in [1.807, 2.05) is 5.32 Å². The molecule has 192 valence electrons. The predicted octanol–water partition coefficient (Wildman–Crippen LogP) is 2.05. The summed E-state index contributed by atoms with van der Waals surface area (Å²) in [5.41, 5.74) is 0.640. The topological polar surface area (TPSA) is 120 Å². The monoisotopic (exact) mass is 518 g/mol. The zero-order valence-electron chi connectivity index (χ0n) is 23.2. The van der Waals surface area contributed by atoms with Gasteiger partial charge in [-0.25, -0.2) is 4.98 Å². The molecule has 4 heterocycles. The Morgan fingerprint density at radius 2 is 2.08 bits per heavy atom. The van der Waals surface area contributed by atoms with Crippen LogP contribution in [0.3, 0.4) is 0 Å². The second-order valence-corrected chi connectivity index (χ2v) is 7.96. The van der Waals surface area contributed by atoms with Crippen LogP contribution in [-0.2, 0) is 13.6 Å². The van der Waals surface area contributed by atoms with Crippen LogP contribution in [-0.4, -0.2) is 78.8 Å². The average Bonchev–Trinajstić information content (AvgIpc) is 3.51. The fraction of sp³-hybridized carbons (Fsp3) is 0.304. The Morgan fingerprint density at radius 1 is 1.24 bits per heavy atom. The molecule has 0 fully saturated rings. The van der Waals surface area contributed by atoms with Crippen LogP contribution in [0.25, 0.3) is 22.3 Å². The fourth-order valence-electron chi connectivity index (χ4n) is 3.81. The Balaban J connectivity index is 1.38. The van der Waals surface area contributed by atoms with Gasteiger partial charge in [0.15, 0.2) is 6.61 Å². The second-order valence-electron chi connectivity index (χ2n) is 7.96. The zero-order chi connectivity index (χ0) is 29.7. The van der Waals surface area contributed by atoms with Gasteiger partial charge in [-0.2, -0.15) is 18.0 Å². The van der Waals surface area contributed by atoms with E-state index in [-0.39, 0.29) is 41.4 Å². The van der Waals surface area contributed by atoms with Gasteiger partial charge in [0.1, 0.15) is 5.69 Å². The Morgan fingerprint density at radius 3 is 2.84 bits per heavy atom. The summed E-state index contributed by atoms with van der Waals surface area (Å²) in [6.45, 7) is -8.02. The highest BCUT2D eigenvalue weighted by Gasteiger charge is 2.31. The van der Waals surface area contributed by atoms with Gasteiger partial charge in [0.25, 0.3) is 11.8 Å². The van der Waals surface area contributed by atoms with Crippen LogP contribution < -0.4 is 10.1 Å². The van der Waals surface area contributed by atoms with Crippen LogP contribution in [0, 0.1) is 0 Å². The number of tetrazole rings is 1. The molecule has 0 radical (unpaired) electrons. The lowest BCUT2D eigenvalue weighted by Gasteiger charge is -2.28. The third-order valence-electron chi connectivity index (χ3n) is 5.44. The largest absolute Gasteiger partial charge is 0.468 e. The number of aryl methyl sites for hydroxylation is 1. The smallest absolute Gasteiger partial charge is 0.422 e. The molecular weight excluding hydrogens is 493 g/mol. The van der Waals surface area contributed by atoms with Crippen LogP contribution in [0.15, 0.2) is 42.6 Å². The Hall–Kier alpha value is -4.49. The first-order valence-electron chi connectivity index (χ1n) is 12.8. The molecule has 1 aliphatic rings. The van der Waals surface area contributed by atoms with Gasteiger partial charge in [-0.15, -0.1) is 10.2 Å². The SMILES string of the molecule is [2H]C([2H])(NC(=O)c1cccc(-c2nnn(C)n2)c1)C([2H])([2H])N1CCn2c(cc3c(OCC(F)(F)F)nccc32)C1=O. The molecule has 0 unspecified atom stereocenters. The molecule has 5 rings (SSSR count). The maximum Gasteiger partial charge on any atom is 0.422 e. The first-order chi connectivity index (χ1) is 19.2. The maximum atomic E-state index is 13.4. The number of aromatic nitrogens is 6. The van der Waals surface area contributed by atoms with Crippen LogP contribution in [0.1, 0.15) is 26.3 Å². The van der Waals surface area contributed by atoms with Crippen molar-refractivity contribution in [3.05, 3.63) is 53.9 Å². The van der Waals surface area contributed by atoms with Gasteiger partial charge in [0, 0.05) is 43.4 Å². The minimum Gasteiger partial charge on any atom is -0.468 e. The number of nitrogens with one attached hydrogen (secondary N) is 1. The highest BCUT2D eigenvalue weighted by atomic mass is 19.4. The van der Waals surface area contributed by atoms with Crippen molar-refractivity contribution in [3.8, 4) is 17.3 Å². The number of alkyl halides is 3. The number of nitrogens with zero attached hydrogens (tertiary/aromatic N) is 7. The number of hydrogen-bond donors (Lipinski definition) is 1. The number of hydrogen-bond acceptors (Lipinski definition) is 7. The summed E-state index contributed by atoms with van der Waals surface area (Å²) in [6, 6.07) is 8.59. The molecule has 0 bridgehead atoms. The van der Waals surface area contributed by atoms with Crippen LogP contribution in [0.4, 0.5) is 13.2 Å². The van der Waals surface area contributed by atoms with Gasteiger partial charge >= 0.3 is 6.18 Å². The minimum absolute atomic E-state index is 0.00993. The summed E-state index contributed by atoms with van der Waals surface area (Å²) in [4.78, 5) is 32.0. The van der Waals surface area contributed by atoms with E-state index in [4.69, 9.17) is 10.2 Å². The Labute approximate surface area is 213 Å². The standard InChI is InChI=1S/C23H21F3N8O3/c1-32-30-19(29-31-32)14-3-2-4-15(11-14)20(35)27-7-8-33-9-10-34-17-5-6-28-21(37-13-23(24,25)26)16(17)12-18(34)22(33)36/h2-6,11-12H,7-10,13H2,1H3,(H,27,35)/i7D2,8D2. The fourth-order valence-corrected chi connectivity index (χ4v) is 3.81. The molecule has 1 aromatic carbocycles. The maximum absolute atomic E-state index is 13.4. The summed E-state index contributed by atoms with van der Waals surface area (Å²) in [6.07, 6.45) is -3.39. The van der Waals surface area contributed by atoms with Crippen molar-refractivity contribution in [2.24, 2.45) is 7.05 Å². The van der Waals surface area contributed by atoms with E-state index in [1.165, 1.54) is 45.9 Å². The third kappa shape index (κ3) is 5.08. The van der Waals surface area contributed by atoms with Crippen molar-refractivity contribution in [3.63, 3.8) is 0 Å². The molecule has 2 amide bonds. The minimum atomic E-state index is -4.62. The van der Waals surface area contributed by atoms with Gasteiger partial charge in [-0.3, -0.25) is 9.59 Å². The number of carbonyl (C=O) groups excluding carboxylic acids is 2. The van der Waals surface area contributed by atoms with Gasteiger partial charge in [-0.05, 0) is 29.5 Å². The lowest BCUT2D eigenvalue weighted by atomic mass is 10.1. The third-order valence-corrected chi connectivity index (χ3v) is 5.44. The molecule has 14 heteroatoms. The number of pyridine rings is 1. The highest BCUT2D eigenvalue weighted by Crippen LogP contribution is 2.30. The van der Waals surface area contributed by atoms with E-state index in [0.29, 0.717) is 16.0 Å². The van der Waals surface area contributed by atoms with E-state index in [1.54, 1.807) is 13.1 Å². The summed E-state index contributed by atoms with van der Waals surface area (Å²) in [7, 11) is 1.56. The molecule has 4 aromatic rings. The first kappa shape index (κ1) is 19.7. The Bertz CT molecular complexity index is 1660. The Kier molecular flexibility index (Phi) is 5.06. The molecule has 11 nitrogen and oxygen atoms in total. The molecule has 0 saturated carbocycles. The lowest BCUT2D eigenvalue weighted by molar-refractivity contribution is -0.153. The van der Waals surface area contributed by atoms with E-state index < -0.39 is 37.6 Å². The number of amides is 2. The van der Waals surface area contributed by atoms with Gasteiger partial charge in [0.2, 0.25) is 11.7 Å². The first-order valence-corrected chi connectivity index (χ1v) is 10.8. The van der Waals surface area contributed by atoms with Crippen LogP contribution in [0.2, 0.25) is 0 Å². The van der Waals surface area contributed by atoms with Gasteiger partial charge < -0.3 is 19.5 Å². The second kappa shape index (κ2) is 9.52. The molecule has 0 atom stereocenters. The van der Waals surface area contributed by atoms with Crippen molar-refractivity contribution in [2.75, 3.05) is 26.1 Å².